The molecule has 136 heavy (non-hydrogen) atoms. The summed E-state index contributed by atoms with van der Waals surface area (Å²) in [4.78, 5) is 86.8. The summed E-state index contributed by atoms with van der Waals surface area (Å²) in [7, 11) is 0. The van der Waals surface area contributed by atoms with E-state index in [-0.39, 0.29) is 35.6 Å². The molecule has 12 aromatic heterocycles. The normalized spacial score (nSPS) is 20.4. The highest BCUT2D eigenvalue weighted by atomic mass is 79.9. The fraction of sp³-hybridized carbons (Fsp3) is 0.308. The van der Waals surface area contributed by atoms with Crippen molar-refractivity contribution < 1.29 is 38.9 Å². The number of ether oxygens (including phenoxy) is 2. The Labute approximate surface area is 819 Å². The average molecular weight is 2080 g/mol. The third kappa shape index (κ3) is 19.2. The molecule has 20 rings (SSSR count). The number of carboxylic acids is 2. The van der Waals surface area contributed by atoms with E-state index in [1.165, 1.54) is 0 Å². The Bertz CT molecular complexity index is 6640. The van der Waals surface area contributed by atoms with Gasteiger partial charge in [-0.05, 0) is 232 Å². The van der Waals surface area contributed by atoms with Crippen LogP contribution in [0, 0.1) is 21.7 Å². The number of benzene rings is 4. The second-order valence-electron chi connectivity index (χ2n) is 36.5. The number of carboxylic acid groups (broad SMARTS) is 2. The first-order valence-electron chi connectivity index (χ1n) is 45.8. The van der Waals surface area contributed by atoms with Crippen LogP contribution in [0.25, 0.3) is 112 Å². The summed E-state index contributed by atoms with van der Waals surface area (Å²) in [6.45, 7) is 12.2. The van der Waals surface area contributed by atoms with Gasteiger partial charge in [0.2, 0.25) is 0 Å². The van der Waals surface area contributed by atoms with E-state index in [1.54, 1.807) is 42.8 Å². The Balaban J connectivity index is 0.000000126. The molecule has 0 aliphatic heterocycles. The van der Waals surface area contributed by atoms with Gasteiger partial charge in [0.05, 0.1) is 123 Å². The predicted octanol–water partition coefficient (Wildman–Crippen LogP) is 23.2. The van der Waals surface area contributed by atoms with E-state index in [9.17, 15) is 29.4 Å². The number of anilines is 4. The van der Waals surface area contributed by atoms with Crippen molar-refractivity contribution in [2.24, 2.45) is 21.7 Å². The zero-order valence-corrected chi connectivity index (χ0v) is 82.5. The minimum Gasteiger partial charge on any atom is -0.481 e. The van der Waals surface area contributed by atoms with E-state index < -0.39 is 33.6 Å². The van der Waals surface area contributed by atoms with E-state index in [2.05, 4.69) is 104 Å². The van der Waals surface area contributed by atoms with Gasteiger partial charge in [0.15, 0.2) is 22.6 Å². The number of halogens is 4. The Kier molecular flexibility index (Phi) is 27.9. The number of aromatic nitrogens is 16. The van der Waals surface area contributed by atoms with Gasteiger partial charge < -0.3 is 42.6 Å². The van der Waals surface area contributed by atoms with Crippen LogP contribution in [-0.2, 0) is 28.7 Å². The van der Waals surface area contributed by atoms with Crippen LogP contribution in [0.1, 0.15) is 191 Å². The molecule has 4 aliphatic carbocycles. The molecule has 4 fully saturated rings. The molecule has 12 heterocycles. The standard InChI is InChI=1S/2C27H28BrN5O2.2C25H24BrN5O2/c2*1-3-35-26(34)27(2)13-11-18(12-14-27)23-22(28)24(29)33-25(32-23)20(16-31-33)19-9-10-21(30-15-19)17-7-5-4-6-8-17;2*1-25(24(32)33)11-9-16(10-12-25)21-20(26)22(27)31-23(30-21)18(14-29-31)17-7-8-19(28-13-17)15-5-3-2-4-6-15/h2*4-10,15-16,18H,3,11-14,29H2,1-2H3;2*2-8,13-14,16H,9-12,27H2,1H3,(H,32,33). The number of pyridine rings is 4. The Morgan fingerprint density at radius 2 is 0.522 bits per heavy atom. The SMILES string of the molecule is CC1(C(=O)O)CCC(c2nc3c(-c4ccc(-c5ccccc5)nc4)cnn3c(N)c2Br)CC1.CC1(C(=O)O)CCC(c2nc3c(-c4ccc(-c5ccccc5)nc4)cnn3c(N)c2Br)CC1.CCOC(=O)C1(C)CCC(c2nc3c(-c4ccc(-c5ccccc5)nc4)cnn3c(N)c2Br)CC1.CCOC(=O)C1(C)CCC(c2nc3c(-c4ccc(-c5ccccc5)nc4)cnn3c(N)c2Br)CC1. The highest BCUT2D eigenvalue weighted by molar-refractivity contribution is 9.11. The van der Waals surface area contributed by atoms with Crippen molar-refractivity contribution in [2.75, 3.05) is 36.1 Å². The number of hydrogen-bond donors (Lipinski definition) is 6. The van der Waals surface area contributed by atoms with Gasteiger partial charge in [0, 0.05) is 115 Å². The van der Waals surface area contributed by atoms with Crippen LogP contribution in [-0.4, -0.2) is 126 Å². The zero-order chi connectivity index (χ0) is 95.5. The number of carbonyl (C=O) groups excluding carboxylic acids is 2. The van der Waals surface area contributed by atoms with Crippen molar-refractivity contribution in [1.29, 1.82) is 0 Å². The number of carbonyl (C=O) groups is 4. The van der Waals surface area contributed by atoms with Crippen molar-refractivity contribution in [3.05, 3.63) is 260 Å². The zero-order valence-electron chi connectivity index (χ0n) is 76.1. The van der Waals surface area contributed by atoms with Crippen LogP contribution in [0.2, 0.25) is 0 Å². The summed E-state index contributed by atoms with van der Waals surface area (Å²) < 4.78 is 20.2. The molecule has 28 nitrogen and oxygen atoms in total. The minimum absolute atomic E-state index is 0.107. The van der Waals surface area contributed by atoms with E-state index in [1.807, 2.05) is 236 Å². The fourth-order valence-corrected chi connectivity index (χ4v) is 21.2. The molecule has 4 saturated carbocycles. The third-order valence-electron chi connectivity index (χ3n) is 27.6. The molecule has 32 heteroatoms. The van der Waals surface area contributed by atoms with Gasteiger partial charge in [-0.3, -0.25) is 39.1 Å². The van der Waals surface area contributed by atoms with E-state index >= 15 is 0 Å². The lowest BCUT2D eigenvalue weighted by Crippen LogP contribution is -2.34. The number of nitrogens with two attached hydrogens (primary N) is 4. The van der Waals surface area contributed by atoms with Gasteiger partial charge in [-0.15, -0.1) is 0 Å². The van der Waals surface area contributed by atoms with Crippen LogP contribution in [0.5, 0.6) is 0 Å². The number of hydrogen-bond acceptors (Lipinski definition) is 22. The number of esters is 2. The summed E-state index contributed by atoms with van der Waals surface area (Å²) >= 11 is 14.6. The lowest BCUT2D eigenvalue weighted by atomic mass is 9.71. The van der Waals surface area contributed by atoms with Gasteiger partial charge in [0.25, 0.3) is 0 Å². The molecule has 4 aliphatic rings. The molecule has 4 aromatic carbocycles. The number of nitrogen functional groups attached to an aromatic ring is 4. The van der Waals surface area contributed by atoms with Gasteiger partial charge in [-0.25, -0.2) is 19.9 Å². The number of rotatable bonds is 18. The summed E-state index contributed by atoms with van der Waals surface area (Å²) in [5, 5.41) is 37.0. The van der Waals surface area contributed by atoms with Gasteiger partial charge in [0.1, 0.15) is 23.3 Å². The van der Waals surface area contributed by atoms with E-state index in [0.29, 0.717) is 84.8 Å². The smallest absolute Gasteiger partial charge is 0.311 e. The number of fused-ring (bicyclic) bond motifs is 4. The summed E-state index contributed by atoms with van der Waals surface area (Å²) in [5.74, 6) is 1.01. The molecule has 0 saturated heterocycles. The van der Waals surface area contributed by atoms with Gasteiger partial charge >= 0.3 is 23.9 Å². The lowest BCUT2D eigenvalue weighted by molar-refractivity contribution is -0.157. The van der Waals surface area contributed by atoms with E-state index in [4.69, 9.17) is 52.3 Å². The number of aliphatic carboxylic acids is 2. The highest BCUT2D eigenvalue weighted by Gasteiger charge is 2.44. The summed E-state index contributed by atoms with van der Waals surface area (Å²) in [6.07, 6.45) is 26.3. The summed E-state index contributed by atoms with van der Waals surface area (Å²) in [5.41, 5.74) is 44.9. The average Bonchev–Trinajstić information content (AvgIpc) is 1.61. The molecule has 0 bridgehead atoms. The van der Waals surface area contributed by atoms with Crippen molar-refractivity contribution in [3.63, 3.8) is 0 Å². The van der Waals surface area contributed by atoms with Crippen molar-refractivity contribution in [3.8, 4) is 89.5 Å². The maximum Gasteiger partial charge on any atom is 0.311 e. The topological polar surface area (TPSA) is 404 Å². The van der Waals surface area contributed by atoms with Crippen LogP contribution in [0.4, 0.5) is 23.3 Å². The number of nitrogens with zero attached hydrogens (tertiary/aromatic N) is 16. The second kappa shape index (κ2) is 40.1. The summed E-state index contributed by atoms with van der Waals surface area (Å²) in [6, 6.07) is 56.3. The molecular weight excluding hydrogens is 1980 g/mol. The van der Waals surface area contributed by atoms with Crippen LogP contribution < -0.4 is 22.9 Å². The first-order valence-corrected chi connectivity index (χ1v) is 48.9. The van der Waals surface area contributed by atoms with Crippen LogP contribution in [0.15, 0.2) is 237 Å². The maximum absolute atomic E-state index is 12.5. The van der Waals surface area contributed by atoms with Crippen molar-refractivity contribution >= 4 is 133 Å². The van der Waals surface area contributed by atoms with Crippen molar-refractivity contribution in [2.45, 2.75) is 168 Å². The molecule has 0 radical (unpaired) electrons. The Hall–Kier alpha value is -13.0. The maximum atomic E-state index is 12.5. The molecular formula is C104H104Br4N20O8. The highest BCUT2D eigenvalue weighted by Crippen LogP contribution is 2.52. The first-order chi connectivity index (χ1) is 65.6. The quantitative estimate of drug-likeness (QED) is 0.0435. The second-order valence-corrected chi connectivity index (χ2v) is 39.7. The Morgan fingerprint density at radius 1 is 0.316 bits per heavy atom. The van der Waals surface area contributed by atoms with E-state index in [0.717, 1.165) is 207 Å². The van der Waals surface area contributed by atoms with Gasteiger partial charge in [-0.1, -0.05) is 146 Å². The fourth-order valence-electron chi connectivity index (χ4n) is 18.8. The molecule has 0 spiro atoms. The molecule has 0 amide bonds. The van der Waals surface area contributed by atoms with Crippen LogP contribution in [0.3, 0.4) is 0 Å². The predicted molar refractivity (Wildman–Crippen MR) is 541 cm³/mol. The lowest BCUT2D eigenvalue weighted by Gasteiger charge is -2.35. The first kappa shape index (κ1) is 94.7. The largest absolute Gasteiger partial charge is 0.481 e. The van der Waals surface area contributed by atoms with Crippen molar-refractivity contribution in [1.82, 2.24) is 78.3 Å². The molecule has 10 N–H and O–H groups in total. The monoisotopic (exact) mass is 2080 g/mol. The molecule has 0 unspecified atom stereocenters. The van der Waals surface area contributed by atoms with Crippen LogP contribution >= 0.6 is 63.7 Å². The molecule has 696 valence electrons. The molecule has 0 atom stereocenters. The van der Waals surface area contributed by atoms with Gasteiger partial charge in [-0.2, -0.15) is 38.5 Å². The Morgan fingerprint density at radius 3 is 0.706 bits per heavy atom. The third-order valence-corrected chi connectivity index (χ3v) is 30.9. The minimum atomic E-state index is -0.729. The molecule has 16 aromatic rings.